The highest BCUT2D eigenvalue weighted by atomic mass is 16.7. The number of ketones is 2. The third-order valence-electron chi connectivity index (χ3n) is 13.7. The van der Waals surface area contributed by atoms with E-state index in [4.69, 9.17) is 42.6 Å². The molecule has 3 aliphatic rings. The third kappa shape index (κ3) is 25.0. The molecule has 0 bridgehead atoms. The van der Waals surface area contributed by atoms with Gasteiger partial charge in [0, 0.05) is 71.8 Å². The van der Waals surface area contributed by atoms with Crippen LogP contribution in [0.3, 0.4) is 0 Å². The Morgan fingerprint density at radius 1 is 0.469 bits per heavy atom. The number of unbranched alkanes of at least 4 members (excludes halogenated alkanes) is 2. The Bertz CT molecular complexity index is 1720. The predicted octanol–water partition coefficient (Wildman–Crippen LogP) is -4.39. The van der Waals surface area contributed by atoms with E-state index in [-0.39, 0.29) is 141 Å². The number of carbonyl (C=O) groups is 7. The van der Waals surface area contributed by atoms with Gasteiger partial charge in [0.15, 0.2) is 18.9 Å². The topological polar surface area (TPSA) is 425 Å². The lowest BCUT2D eigenvalue weighted by molar-refractivity contribution is -0.270. The standard InChI is InChI=1S/C52H91N5O24/c1-6-7-8-13-40(67)57-52(27-73-20-14-34(64)11-9-18-76-49-41(54-31(3)61)30(2)44(68)36(24-58)79-49,28-74-21-15-35(65)12-10-19-77-50-42(55-32(4)62)47(71)45(69)37(25-59)80-50)29-75-22-16-39(66)53-17-23-78-51-43(56-33(5)63)48(72)46(70)38(26-60)81-51/h30,36-38,41-51,58-60,68-72H,6-29H2,1-5H3,(H,53,66)(H,54,61)(H,55,62)(H,56,63)(H,57,67). The molecule has 0 aromatic heterocycles. The van der Waals surface area contributed by atoms with Gasteiger partial charge in [0.25, 0.3) is 0 Å². The van der Waals surface area contributed by atoms with Crippen LogP contribution < -0.4 is 26.6 Å². The van der Waals surface area contributed by atoms with E-state index in [0.29, 0.717) is 6.42 Å². The van der Waals surface area contributed by atoms with Crippen molar-refractivity contribution in [3.63, 3.8) is 0 Å². The molecule has 3 aliphatic heterocycles. The molecule has 3 heterocycles. The molecule has 0 aromatic rings. The van der Waals surface area contributed by atoms with Gasteiger partial charge in [-0.25, -0.2) is 0 Å². The van der Waals surface area contributed by atoms with Gasteiger partial charge >= 0.3 is 0 Å². The molecule has 0 aliphatic carbocycles. The highest BCUT2D eigenvalue weighted by molar-refractivity contribution is 5.79. The average molecular weight is 1170 g/mol. The summed E-state index contributed by atoms with van der Waals surface area (Å²) >= 11 is 0. The largest absolute Gasteiger partial charge is 0.394 e. The lowest BCUT2D eigenvalue weighted by atomic mass is 9.89. The van der Waals surface area contributed by atoms with Crippen molar-refractivity contribution in [3.05, 3.63) is 0 Å². The maximum atomic E-state index is 13.5. The Hall–Kier alpha value is -3.99. The summed E-state index contributed by atoms with van der Waals surface area (Å²) in [5, 5.41) is 94.3. The van der Waals surface area contributed by atoms with Crippen LogP contribution in [0.1, 0.15) is 105 Å². The zero-order chi connectivity index (χ0) is 60.1. The molecule has 0 saturated carbocycles. The molecule has 0 radical (unpaired) electrons. The van der Waals surface area contributed by atoms with E-state index in [0.717, 1.165) is 12.8 Å². The summed E-state index contributed by atoms with van der Waals surface area (Å²) < 4.78 is 52.1. The lowest BCUT2D eigenvalue weighted by Gasteiger charge is -2.43. The molecule has 13 N–H and O–H groups in total. The van der Waals surface area contributed by atoms with Crippen LogP contribution in [-0.4, -0.2) is 259 Å². The zero-order valence-electron chi connectivity index (χ0n) is 47.2. The molecule has 0 spiro atoms. The van der Waals surface area contributed by atoms with Crippen LogP contribution in [0.2, 0.25) is 0 Å². The van der Waals surface area contributed by atoms with E-state index in [2.05, 4.69) is 26.6 Å². The minimum absolute atomic E-state index is 0.0260. The zero-order valence-corrected chi connectivity index (χ0v) is 47.2. The summed E-state index contributed by atoms with van der Waals surface area (Å²) in [5.74, 6) is -3.17. The van der Waals surface area contributed by atoms with Gasteiger partial charge in [0.1, 0.15) is 71.9 Å². The number of Topliss-reactive ketones (excluding diaryl/α,β-unsaturated/α-hetero) is 2. The molecule has 16 atom stereocenters. The first-order valence-electron chi connectivity index (χ1n) is 27.8. The number of rotatable bonds is 40. The van der Waals surface area contributed by atoms with Gasteiger partial charge in [-0.3, -0.25) is 33.6 Å². The fourth-order valence-electron chi connectivity index (χ4n) is 9.20. The fourth-order valence-corrected chi connectivity index (χ4v) is 9.20. The van der Waals surface area contributed by atoms with Gasteiger partial charge in [-0.05, 0) is 19.3 Å². The van der Waals surface area contributed by atoms with E-state index in [1.807, 2.05) is 6.92 Å². The monoisotopic (exact) mass is 1170 g/mol. The Kier molecular flexibility index (Phi) is 33.5. The summed E-state index contributed by atoms with van der Waals surface area (Å²) in [6.07, 6.45) is -11.3. The van der Waals surface area contributed by atoms with E-state index in [9.17, 15) is 74.4 Å². The second kappa shape index (κ2) is 38.1. The van der Waals surface area contributed by atoms with Gasteiger partial charge in [0.2, 0.25) is 29.5 Å². The number of nitrogens with one attached hydrogen (secondary N) is 5. The maximum Gasteiger partial charge on any atom is 0.222 e. The van der Waals surface area contributed by atoms with Gasteiger partial charge in [-0.2, -0.15) is 0 Å². The van der Waals surface area contributed by atoms with Crippen molar-refractivity contribution in [1.29, 1.82) is 0 Å². The summed E-state index contributed by atoms with van der Waals surface area (Å²) in [6.45, 7) is 4.39. The first kappa shape index (κ1) is 71.3. The van der Waals surface area contributed by atoms with Crippen LogP contribution in [0.4, 0.5) is 0 Å². The van der Waals surface area contributed by atoms with E-state index in [1.165, 1.54) is 20.8 Å². The average Bonchev–Trinajstić information content (AvgIpc) is 3.46. The Labute approximate surface area is 472 Å². The molecular weight excluding hydrogens is 1080 g/mol. The van der Waals surface area contributed by atoms with E-state index >= 15 is 0 Å². The van der Waals surface area contributed by atoms with Crippen molar-refractivity contribution in [2.45, 2.75) is 197 Å². The summed E-state index contributed by atoms with van der Waals surface area (Å²) in [7, 11) is 0. The Morgan fingerprint density at radius 3 is 1.31 bits per heavy atom. The Morgan fingerprint density at radius 2 is 0.877 bits per heavy atom. The van der Waals surface area contributed by atoms with Gasteiger partial charge < -0.3 is 110 Å². The highest BCUT2D eigenvalue weighted by Crippen LogP contribution is 2.28. The molecule has 16 unspecified atom stereocenters. The van der Waals surface area contributed by atoms with Crippen molar-refractivity contribution in [2.24, 2.45) is 5.92 Å². The first-order valence-corrected chi connectivity index (χ1v) is 27.8. The van der Waals surface area contributed by atoms with Crippen molar-refractivity contribution in [2.75, 3.05) is 85.8 Å². The smallest absolute Gasteiger partial charge is 0.222 e. The number of aliphatic hydroxyl groups is 8. The van der Waals surface area contributed by atoms with Gasteiger partial charge in [-0.1, -0.05) is 26.7 Å². The predicted molar refractivity (Wildman–Crippen MR) is 280 cm³/mol. The summed E-state index contributed by atoms with van der Waals surface area (Å²) in [5.41, 5.74) is -1.40. The van der Waals surface area contributed by atoms with Crippen LogP contribution in [0, 0.1) is 5.92 Å². The first-order chi connectivity index (χ1) is 38.6. The Balaban J connectivity index is 1.63. The second-order valence-corrected chi connectivity index (χ2v) is 20.6. The molecule has 3 fully saturated rings. The van der Waals surface area contributed by atoms with Gasteiger partial charge in [0.05, 0.1) is 91.4 Å². The van der Waals surface area contributed by atoms with Crippen molar-refractivity contribution >= 4 is 41.1 Å². The maximum absolute atomic E-state index is 13.5. The van der Waals surface area contributed by atoms with E-state index in [1.54, 1.807) is 6.92 Å². The van der Waals surface area contributed by atoms with Crippen molar-refractivity contribution < 1.29 is 117 Å². The molecular formula is C52H91N5O24. The fraction of sp³-hybridized carbons (Fsp3) is 0.865. The highest BCUT2D eigenvalue weighted by Gasteiger charge is 2.47. The van der Waals surface area contributed by atoms with E-state index < -0.39 is 135 Å². The minimum atomic E-state index is -1.52. The number of aliphatic hydroxyl groups excluding tert-OH is 8. The molecule has 29 heteroatoms. The van der Waals surface area contributed by atoms with Crippen LogP contribution in [-0.2, 0) is 76.2 Å². The third-order valence-corrected chi connectivity index (χ3v) is 13.7. The number of hydrogen-bond donors (Lipinski definition) is 13. The van der Waals surface area contributed by atoms with Gasteiger partial charge in [-0.15, -0.1) is 0 Å². The number of hydrogen-bond acceptors (Lipinski definition) is 24. The molecule has 5 amide bonds. The molecule has 3 rings (SSSR count). The normalized spacial score (nSPS) is 29.2. The quantitative estimate of drug-likeness (QED) is 0.0258. The number of ether oxygens (including phenoxy) is 9. The van der Waals surface area contributed by atoms with Crippen LogP contribution in [0.15, 0.2) is 0 Å². The minimum Gasteiger partial charge on any atom is -0.394 e. The molecule has 468 valence electrons. The van der Waals surface area contributed by atoms with Crippen LogP contribution in [0.25, 0.3) is 0 Å². The molecule has 3 saturated heterocycles. The number of carbonyl (C=O) groups excluding carboxylic acids is 7. The summed E-state index contributed by atoms with van der Waals surface area (Å²) in [6, 6.07) is -3.04. The van der Waals surface area contributed by atoms with Crippen molar-refractivity contribution in [3.8, 4) is 0 Å². The SMILES string of the molecule is CCCCCC(=O)NC(COCCC(=O)CCCOC1OC(CO)C(O)C(C)C1NC(C)=O)(COCCC(=O)CCCOC1OC(CO)C(O)C(O)C1NC(C)=O)COCCC(=O)NCCOC1OC(CO)C(O)C(O)C1NC(C)=O. The van der Waals surface area contributed by atoms with Crippen LogP contribution in [0.5, 0.6) is 0 Å². The van der Waals surface area contributed by atoms with Crippen molar-refractivity contribution in [1.82, 2.24) is 26.6 Å². The molecule has 81 heavy (non-hydrogen) atoms. The number of amides is 5. The summed E-state index contributed by atoms with van der Waals surface area (Å²) in [4.78, 5) is 87.9. The second-order valence-electron chi connectivity index (χ2n) is 20.6. The molecule has 0 aromatic carbocycles. The lowest BCUT2D eigenvalue weighted by Crippen LogP contribution is -2.64. The molecule has 29 nitrogen and oxygen atoms in total. The van der Waals surface area contributed by atoms with Crippen LogP contribution >= 0.6 is 0 Å².